The maximum absolute atomic E-state index is 4.60. The van der Waals surface area contributed by atoms with Gasteiger partial charge in [-0.15, -0.1) is 0 Å². The number of nitrogens with zero attached hydrogens (tertiary/aromatic N) is 2. The molecule has 1 N–H and O–H groups in total. The standard InChI is InChI=1S/C11H14BrN3/c1-7-4-8(12)11-9(5-7)15(3)10(14-11)6-13-2/h4-5,13H,6H2,1-3H3. The van der Waals surface area contributed by atoms with E-state index in [2.05, 4.69) is 49.9 Å². The lowest BCUT2D eigenvalue weighted by Gasteiger charge is -2.01. The Labute approximate surface area is 97.6 Å². The lowest BCUT2D eigenvalue weighted by Crippen LogP contribution is -2.10. The zero-order valence-corrected chi connectivity index (χ0v) is 10.7. The second-order valence-electron chi connectivity index (χ2n) is 3.73. The van der Waals surface area contributed by atoms with E-state index in [4.69, 9.17) is 0 Å². The van der Waals surface area contributed by atoms with Gasteiger partial charge in [0.1, 0.15) is 11.3 Å². The molecule has 1 heterocycles. The topological polar surface area (TPSA) is 29.9 Å². The minimum Gasteiger partial charge on any atom is -0.330 e. The summed E-state index contributed by atoms with van der Waals surface area (Å²) in [5, 5.41) is 3.12. The van der Waals surface area contributed by atoms with Gasteiger partial charge in [0, 0.05) is 11.5 Å². The van der Waals surface area contributed by atoms with E-state index in [0.717, 1.165) is 22.4 Å². The summed E-state index contributed by atoms with van der Waals surface area (Å²) in [6, 6.07) is 4.25. The van der Waals surface area contributed by atoms with E-state index < -0.39 is 0 Å². The average Bonchev–Trinajstić information content (AvgIpc) is 2.47. The third-order valence-electron chi connectivity index (χ3n) is 2.51. The van der Waals surface area contributed by atoms with Crippen LogP contribution in [0.25, 0.3) is 11.0 Å². The number of aromatic nitrogens is 2. The van der Waals surface area contributed by atoms with Crippen LogP contribution in [0.5, 0.6) is 0 Å². The smallest absolute Gasteiger partial charge is 0.123 e. The molecule has 1 aromatic heterocycles. The van der Waals surface area contributed by atoms with Crippen molar-refractivity contribution in [1.82, 2.24) is 14.9 Å². The summed E-state index contributed by atoms with van der Waals surface area (Å²) in [7, 11) is 3.98. The van der Waals surface area contributed by atoms with Gasteiger partial charge >= 0.3 is 0 Å². The van der Waals surface area contributed by atoms with Crippen molar-refractivity contribution in [2.45, 2.75) is 13.5 Å². The van der Waals surface area contributed by atoms with E-state index in [0.29, 0.717) is 0 Å². The van der Waals surface area contributed by atoms with Crippen LogP contribution in [0.1, 0.15) is 11.4 Å². The molecule has 0 spiro atoms. The van der Waals surface area contributed by atoms with Gasteiger partial charge in [-0.3, -0.25) is 0 Å². The molecule has 0 aliphatic carbocycles. The molecule has 0 saturated heterocycles. The Morgan fingerprint density at radius 3 is 2.87 bits per heavy atom. The van der Waals surface area contributed by atoms with Crippen molar-refractivity contribution in [2.24, 2.45) is 7.05 Å². The number of fused-ring (bicyclic) bond motifs is 1. The lowest BCUT2D eigenvalue weighted by atomic mass is 10.2. The molecular formula is C11H14BrN3. The SMILES string of the molecule is CNCc1nc2c(Br)cc(C)cc2n1C. The van der Waals surface area contributed by atoms with Gasteiger partial charge in [-0.2, -0.15) is 0 Å². The number of imidazole rings is 1. The van der Waals surface area contributed by atoms with Gasteiger partial charge in [0.25, 0.3) is 0 Å². The molecule has 0 aliphatic heterocycles. The molecule has 0 radical (unpaired) electrons. The van der Waals surface area contributed by atoms with E-state index in [-0.39, 0.29) is 0 Å². The van der Waals surface area contributed by atoms with Gasteiger partial charge in [0.05, 0.1) is 12.1 Å². The van der Waals surface area contributed by atoms with Crippen molar-refractivity contribution in [2.75, 3.05) is 7.05 Å². The Hall–Kier alpha value is -0.870. The van der Waals surface area contributed by atoms with Gasteiger partial charge in [-0.05, 0) is 47.6 Å². The molecule has 15 heavy (non-hydrogen) atoms. The molecule has 0 bridgehead atoms. The van der Waals surface area contributed by atoms with Crippen LogP contribution < -0.4 is 5.32 Å². The van der Waals surface area contributed by atoms with Crippen LogP contribution in [0.2, 0.25) is 0 Å². The predicted octanol–water partition coefficient (Wildman–Crippen LogP) is 2.36. The van der Waals surface area contributed by atoms with Crippen molar-refractivity contribution >= 4 is 27.0 Å². The van der Waals surface area contributed by atoms with E-state index in [1.807, 2.05) is 14.1 Å². The quantitative estimate of drug-likeness (QED) is 0.906. The second kappa shape index (κ2) is 3.94. The Balaban J connectivity index is 2.70. The van der Waals surface area contributed by atoms with Crippen molar-refractivity contribution in [1.29, 1.82) is 0 Å². The Bertz CT molecular complexity index is 502. The number of hydrogen-bond donors (Lipinski definition) is 1. The highest BCUT2D eigenvalue weighted by Gasteiger charge is 2.09. The summed E-state index contributed by atoms with van der Waals surface area (Å²) in [5.41, 5.74) is 3.45. The molecule has 0 fully saturated rings. The minimum absolute atomic E-state index is 0.788. The van der Waals surface area contributed by atoms with Gasteiger partial charge in [0.2, 0.25) is 0 Å². The zero-order chi connectivity index (χ0) is 11.0. The summed E-state index contributed by atoms with van der Waals surface area (Å²) < 4.78 is 3.19. The largest absolute Gasteiger partial charge is 0.330 e. The van der Waals surface area contributed by atoms with Crippen LogP contribution in [-0.4, -0.2) is 16.6 Å². The maximum Gasteiger partial charge on any atom is 0.123 e. The molecule has 2 rings (SSSR count). The average molecular weight is 268 g/mol. The normalized spacial score (nSPS) is 11.2. The number of hydrogen-bond acceptors (Lipinski definition) is 2. The van der Waals surface area contributed by atoms with Crippen LogP contribution in [0.15, 0.2) is 16.6 Å². The van der Waals surface area contributed by atoms with Gasteiger partial charge < -0.3 is 9.88 Å². The maximum atomic E-state index is 4.60. The number of halogens is 1. The van der Waals surface area contributed by atoms with Gasteiger partial charge in [-0.1, -0.05) is 0 Å². The first-order chi connectivity index (χ1) is 7.13. The highest BCUT2D eigenvalue weighted by Crippen LogP contribution is 2.25. The summed E-state index contributed by atoms with van der Waals surface area (Å²) in [6.45, 7) is 2.88. The number of benzene rings is 1. The van der Waals surface area contributed by atoms with Crippen LogP contribution in [-0.2, 0) is 13.6 Å². The highest BCUT2D eigenvalue weighted by molar-refractivity contribution is 9.10. The molecule has 3 nitrogen and oxygen atoms in total. The van der Waals surface area contributed by atoms with Crippen LogP contribution in [0.4, 0.5) is 0 Å². The van der Waals surface area contributed by atoms with Crippen molar-refractivity contribution in [3.63, 3.8) is 0 Å². The Morgan fingerprint density at radius 2 is 2.20 bits per heavy atom. The van der Waals surface area contributed by atoms with Crippen LogP contribution in [0, 0.1) is 6.92 Å². The molecule has 0 saturated carbocycles. The zero-order valence-electron chi connectivity index (χ0n) is 9.13. The molecule has 1 aromatic carbocycles. The predicted molar refractivity (Wildman–Crippen MR) is 65.9 cm³/mol. The molecular weight excluding hydrogens is 254 g/mol. The molecule has 0 atom stereocenters. The third-order valence-corrected chi connectivity index (χ3v) is 3.12. The fourth-order valence-corrected chi connectivity index (χ4v) is 2.39. The molecule has 2 aromatic rings. The first kappa shape index (κ1) is 10.6. The van der Waals surface area contributed by atoms with Crippen molar-refractivity contribution in [3.8, 4) is 0 Å². The summed E-state index contributed by atoms with van der Waals surface area (Å²) in [6.07, 6.45) is 0. The lowest BCUT2D eigenvalue weighted by molar-refractivity contribution is 0.719. The summed E-state index contributed by atoms with van der Waals surface area (Å²) >= 11 is 3.55. The fourth-order valence-electron chi connectivity index (χ4n) is 1.74. The fraction of sp³-hybridized carbons (Fsp3) is 0.364. The molecule has 80 valence electrons. The Kier molecular flexibility index (Phi) is 2.80. The molecule has 0 aliphatic rings. The summed E-state index contributed by atoms with van der Waals surface area (Å²) in [4.78, 5) is 4.60. The third kappa shape index (κ3) is 1.79. The van der Waals surface area contributed by atoms with Crippen molar-refractivity contribution < 1.29 is 0 Å². The molecule has 0 amide bonds. The van der Waals surface area contributed by atoms with E-state index >= 15 is 0 Å². The second-order valence-corrected chi connectivity index (χ2v) is 4.59. The number of nitrogens with one attached hydrogen (secondary N) is 1. The molecule has 0 unspecified atom stereocenters. The van der Waals surface area contributed by atoms with Gasteiger partial charge in [-0.25, -0.2) is 4.98 Å². The van der Waals surface area contributed by atoms with E-state index in [1.54, 1.807) is 0 Å². The van der Waals surface area contributed by atoms with Crippen LogP contribution in [0.3, 0.4) is 0 Å². The van der Waals surface area contributed by atoms with Gasteiger partial charge in [0.15, 0.2) is 0 Å². The highest BCUT2D eigenvalue weighted by atomic mass is 79.9. The molecule has 4 heteroatoms. The first-order valence-corrected chi connectivity index (χ1v) is 5.69. The van der Waals surface area contributed by atoms with Crippen molar-refractivity contribution in [3.05, 3.63) is 28.0 Å². The number of rotatable bonds is 2. The number of aryl methyl sites for hydroxylation is 2. The van der Waals surface area contributed by atoms with E-state index in [9.17, 15) is 0 Å². The minimum atomic E-state index is 0.788. The first-order valence-electron chi connectivity index (χ1n) is 4.89. The summed E-state index contributed by atoms with van der Waals surface area (Å²) in [5.74, 6) is 1.05. The van der Waals surface area contributed by atoms with E-state index in [1.165, 1.54) is 11.1 Å². The Morgan fingerprint density at radius 1 is 1.47 bits per heavy atom. The van der Waals surface area contributed by atoms with Crippen LogP contribution >= 0.6 is 15.9 Å². The monoisotopic (exact) mass is 267 g/mol.